The molecule has 0 saturated heterocycles. The first-order valence-corrected chi connectivity index (χ1v) is 9.50. The number of hydrogen-bond acceptors (Lipinski definition) is 6. The molecule has 1 aromatic carbocycles. The molecule has 2 N–H and O–H groups in total. The van der Waals surface area contributed by atoms with E-state index in [9.17, 15) is 9.59 Å². The number of ether oxygens (including phenoxy) is 1. The maximum absolute atomic E-state index is 12.2. The second-order valence-corrected chi connectivity index (χ2v) is 6.63. The number of nitrogens with one attached hydrogen (secondary N) is 2. The summed E-state index contributed by atoms with van der Waals surface area (Å²) in [5.74, 6) is -0.0674. The van der Waals surface area contributed by atoms with E-state index in [2.05, 4.69) is 27.0 Å². The predicted octanol–water partition coefficient (Wildman–Crippen LogP) is 2.01. The predicted molar refractivity (Wildman–Crippen MR) is 109 cm³/mol. The van der Waals surface area contributed by atoms with Gasteiger partial charge >= 0.3 is 0 Å². The first-order valence-electron chi connectivity index (χ1n) is 9.50. The normalized spacial score (nSPS) is 10.5. The van der Waals surface area contributed by atoms with Gasteiger partial charge in [-0.05, 0) is 57.0 Å². The standard InChI is InChI=1S/C21H22N6O3/c1-4-30-17-7-5-15(6-8-17)21(29)26-25-19(28)10-9-18-13(2)24-20-16(11-22)12-23-27(20)14(18)3/h5-8,12H,4,9-10H2,1-3H3,(H,25,28)(H,26,29). The first kappa shape index (κ1) is 20.8. The molecule has 0 spiro atoms. The van der Waals surface area contributed by atoms with Gasteiger partial charge in [0.2, 0.25) is 5.91 Å². The number of rotatable bonds is 6. The summed E-state index contributed by atoms with van der Waals surface area (Å²) >= 11 is 0. The molecule has 0 radical (unpaired) electrons. The Kier molecular flexibility index (Phi) is 6.27. The number of carbonyl (C=O) groups is 2. The Bertz CT molecular complexity index is 1130. The summed E-state index contributed by atoms with van der Waals surface area (Å²) < 4.78 is 6.94. The maximum Gasteiger partial charge on any atom is 0.269 e. The number of aryl methyl sites for hydroxylation is 2. The van der Waals surface area contributed by atoms with E-state index in [0.717, 1.165) is 17.0 Å². The van der Waals surface area contributed by atoms with Gasteiger partial charge in [-0.15, -0.1) is 0 Å². The van der Waals surface area contributed by atoms with Gasteiger partial charge in [0.25, 0.3) is 5.91 Å². The maximum atomic E-state index is 12.2. The van der Waals surface area contributed by atoms with Crippen LogP contribution in [-0.4, -0.2) is 33.0 Å². The summed E-state index contributed by atoms with van der Waals surface area (Å²) in [4.78, 5) is 28.8. The SMILES string of the molecule is CCOc1ccc(C(=O)NNC(=O)CCc2c(C)nc3c(C#N)cnn3c2C)cc1. The van der Waals surface area contributed by atoms with Gasteiger partial charge in [0.15, 0.2) is 5.65 Å². The summed E-state index contributed by atoms with van der Waals surface area (Å²) in [5.41, 5.74) is 8.59. The lowest BCUT2D eigenvalue weighted by molar-refractivity contribution is -0.121. The van der Waals surface area contributed by atoms with Crippen molar-refractivity contribution in [1.29, 1.82) is 5.26 Å². The lowest BCUT2D eigenvalue weighted by Gasteiger charge is -2.12. The van der Waals surface area contributed by atoms with E-state index in [1.54, 1.807) is 28.8 Å². The number of carbonyl (C=O) groups excluding carboxylic acids is 2. The number of hydrogen-bond donors (Lipinski definition) is 2. The molecule has 0 aliphatic heterocycles. The zero-order valence-corrected chi connectivity index (χ0v) is 17.0. The monoisotopic (exact) mass is 406 g/mol. The number of nitriles is 1. The van der Waals surface area contributed by atoms with Crippen LogP contribution in [0.2, 0.25) is 0 Å². The van der Waals surface area contributed by atoms with Crippen molar-refractivity contribution in [3.8, 4) is 11.8 Å². The Labute approximate surface area is 173 Å². The van der Waals surface area contributed by atoms with Gasteiger partial charge < -0.3 is 4.74 Å². The van der Waals surface area contributed by atoms with Crippen molar-refractivity contribution >= 4 is 17.5 Å². The van der Waals surface area contributed by atoms with Crippen LogP contribution >= 0.6 is 0 Å². The third-order valence-corrected chi connectivity index (χ3v) is 4.67. The van der Waals surface area contributed by atoms with Crippen LogP contribution < -0.4 is 15.6 Å². The summed E-state index contributed by atoms with van der Waals surface area (Å²) in [7, 11) is 0. The highest BCUT2D eigenvalue weighted by Crippen LogP contribution is 2.18. The third-order valence-electron chi connectivity index (χ3n) is 4.67. The molecule has 0 unspecified atom stereocenters. The molecular formula is C21H22N6O3. The fraction of sp³-hybridized carbons (Fsp3) is 0.286. The molecule has 0 atom stereocenters. The Hall–Kier alpha value is -3.93. The summed E-state index contributed by atoms with van der Waals surface area (Å²) in [6, 6.07) is 8.71. The Balaban J connectivity index is 1.58. The zero-order chi connectivity index (χ0) is 21.7. The Morgan fingerprint density at radius 1 is 1.20 bits per heavy atom. The summed E-state index contributed by atoms with van der Waals surface area (Å²) in [5, 5.41) is 13.3. The fourth-order valence-corrected chi connectivity index (χ4v) is 3.12. The van der Waals surface area contributed by atoms with Gasteiger partial charge in [-0.25, -0.2) is 9.50 Å². The van der Waals surface area contributed by atoms with Crippen LogP contribution in [0, 0.1) is 25.2 Å². The smallest absolute Gasteiger partial charge is 0.269 e. The topological polar surface area (TPSA) is 121 Å². The molecule has 9 heteroatoms. The summed E-state index contributed by atoms with van der Waals surface area (Å²) in [6.07, 6.45) is 2.06. The van der Waals surface area contributed by atoms with Crippen LogP contribution in [0.4, 0.5) is 0 Å². The highest BCUT2D eigenvalue weighted by molar-refractivity contribution is 5.95. The van der Waals surface area contributed by atoms with E-state index in [1.165, 1.54) is 6.20 Å². The molecule has 0 bridgehead atoms. The van der Waals surface area contributed by atoms with Crippen molar-refractivity contribution in [2.24, 2.45) is 0 Å². The van der Waals surface area contributed by atoms with Gasteiger partial charge in [-0.1, -0.05) is 0 Å². The Morgan fingerprint density at radius 2 is 1.93 bits per heavy atom. The van der Waals surface area contributed by atoms with Crippen molar-refractivity contribution in [3.63, 3.8) is 0 Å². The third kappa shape index (κ3) is 4.38. The van der Waals surface area contributed by atoms with E-state index in [0.29, 0.717) is 35.6 Å². The molecule has 3 aromatic rings. The Morgan fingerprint density at radius 3 is 2.60 bits per heavy atom. The van der Waals surface area contributed by atoms with Gasteiger partial charge in [-0.3, -0.25) is 20.4 Å². The largest absolute Gasteiger partial charge is 0.494 e. The minimum absolute atomic E-state index is 0.158. The summed E-state index contributed by atoms with van der Waals surface area (Å²) in [6.45, 7) is 6.13. The average molecular weight is 406 g/mol. The van der Waals surface area contributed by atoms with Crippen molar-refractivity contribution in [2.75, 3.05) is 6.61 Å². The van der Waals surface area contributed by atoms with E-state index < -0.39 is 5.91 Å². The first-order chi connectivity index (χ1) is 14.4. The second-order valence-electron chi connectivity index (χ2n) is 6.63. The molecule has 0 saturated carbocycles. The number of nitrogens with zero attached hydrogens (tertiary/aromatic N) is 4. The molecule has 0 aliphatic carbocycles. The van der Waals surface area contributed by atoms with Crippen molar-refractivity contribution in [1.82, 2.24) is 25.4 Å². The number of fused-ring (bicyclic) bond motifs is 1. The molecular weight excluding hydrogens is 384 g/mol. The van der Waals surface area contributed by atoms with Gasteiger partial charge in [-0.2, -0.15) is 10.4 Å². The lowest BCUT2D eigenvalue weighted by Crippen LogP contribution is -2.41. The number of benzene rings is 1. The molecule has 0 fully saturated rings. The van der Waals surface area contributed by atoms with Crippen LogP contribution in [0.5, 0.6) is 5.75 Å². The lowest BCUT2D eigenvalue weighted by atomic mass is 10.1. The number of amides is 2. The molecule has 0 aliphatic rings. The van der Waals surface area contributed by atoms with Gasteiger partial charge in [0, 0.05) is 23.4 Å². The average Bonchev–Trinajstić information content (AvgIpc) is 3.15. The van der Waals surface area contributed by atoms with E-state index in [4.69, 9.17) is 10.00 Å². The van der Waals surface area contributed by atoms with E-state index in [-0.39, 0.29) is 12.3 Å². The van der Waals surface area contributed by atoms with Crippen LogP contribution in [0.25, 0.3) is 5.65 Å². The van der Waals surface area contributed by atoms with Crippen LogP contribution in [0.3, 0.4) is 0 Å². The van der Waals surface area contributed by atoms with E-state index in [1.807, 2.05) is 20.8 Å². The van der Waals surface area contributed by atoms with Crippen molar-refractivity contribution < 1.29 is 14.3 Å². The van der Waals surface area contributed by atoms with Crippen LogP contribution in [0.1, 0.15) is 46.2 Å². The van der Waals surface area contributed by atoms with Crippen LogP contribution in [0.15, 0.2) is 30.5 Å². The molecule has 154 valence electrons. The molecule has 30 heavy (non-hydrogen) atoms. The van der Waals surface area contributed by atoms with Gasteiger partial charge in [0.1, 0.15) is 17.4 Å². The highest BCUT2D eigenvalue weighted by Gasteiger charge is 2.15. The molecule has 2 aromatic heterocycles. The number of aromatic nitrogens is 3. The minimum Gasteiger partial charge on any atom is -0.494 e. The molecule has 2 heterocycles. The van der Waals surface area contributed by atoms with Crippen molar-refractivity contribution in [2.45, 2.75) is 33.6 Å². The molecule has 2 amide bonds. The van der Waals surface area contributed by atoms with E-state index >= 15 is 0 Å². The van der Waals surface area contributed by atoms with Crippen LogP contribution in [-0.2, 0) is 11.2 Å². The quantitative estimate of drug-likeness (QED) is 0.604. The second kappa shape index (κ2) is 9.05. The van der Waals surface area contributed by atoms with Gasteiger partial charge in [0.05, 0.1) is 12.8 Å². The molecule has 9 nitrogen and oxygen atoms in total. The zero-order valence-electron chi connectivity index (χ0n) is 17.0. The minimum atomic E-state index is -0.414. The number of hydrazine groups is 1. The highest BCUT2D eigenvalue weighted by atomic mass is 16.5. The fourth-order valence-electron chi connectivity index (χ4n) is 3.12. The molecule has 3 rings (SSSR count). The van der Waals surface area contributed by atoms with Crippen molar-refractivity contribution in [3.05, 3.63) is 58.5 Å².